The first-order chi connectivity index (χ1) is 4.72. The zero-order chi connectivity index (χ0) is 7.56. The summed E-state index contributed by atoms with van der Waals surface area (Å²) in [5, 5.41) is 0. The second-order valence-corrected chi connectivity index (χ2v) is 2.90. The number of carbonyl (C=O) groups excluding carboxylic acids is 2. The Bertz CT molecular complexity index is 155. The quantitative estimate of drug-likeness (QED) is 0.542. The number of ketones is 2. The van der Waals surface area contributed by atoms with Crippen LogP contribution in [0.2, 0.25) is 0 Å². The van der Waals surface area contributed by atoms with Gasteiger partial charge in [0.05, 0.1) is 0 Å². The highest BCUT2D eigenvalue weighted by Gasteiger charge is 2.24. The minimum absolute atomic E-state index is 0.0671. The van der Waals surface area contributed by atoms with E-state index in [-0.39, 0.29) is 17.5 Å². The van der Waals surface area contributed by atoms with Crippen molar-refractivity contribution in [3.8, 4) is 0 Å². The van der Waals surface area contributed by atoms with Gasteiger partial charge in [0, 0.05) is 12.8 Å². The predicted molar refractivity (Wildman–Crippen MR) is 37.6 cm³/mol. The van der Waals surface area contributed by atoms with Crippen molar-refractivity contribution in [2.45, 2.75) is 32.6 Å². The van der Waals surface area contributed by atoms with Crippen LogP contribution in [0.4, 0.5) is 0 Å². The highest BCUT2D eigenvalue weighted by atomic mass is 16.2. The van der Waals surface area contributed by atoms with Crippen molar-refractivity contribution in [3.63, 3.8) is 0 Å². The molecule has 2 heteroatoms. The number of carbonyl (C=O) groups is 2. The van der Waals surface area contributed by atoms with Crippen molar-refractivity contribution < 1.29 is 9.59 Å². The minimum Gasteiger partial charge on any atom is -0.291 e. The Balaban J connectivity index is 2.48. The largest absolute Gasteiger partial charge is 0.291 e. The average Bonchev–Trinajstić information content (AvgIpc) is 2.36. The molecule has 1 fully saturated rings. The second kappa shape index (κ2) is 2.95. The van der Waals surface area contributed by atoms with Crippen molar-refractivity contribution in [3.05, 3.63) is 0 Å². The van der Waals surface area contributed by atoms with E-state index in [2.05, 4.69) is 0 Å². The molecule has 0 spiro atoms. The van der Waals surface area contributed by atoms with Crippen molar-refractivity contribution in [2.75, 3.05) is 0 Å². The Morgan fingerprint density at radius 1 is 1.20 bits per heavy atom. The van der Waals surface area contributed by atoms with E-state index < -0.39 is 0 Å². The summed E-state index contributed by atoms with van der Waals surface area (Å²) >= 11 is 0. The van der Waals surface area contributed by atoms with Gasteiger partial charge in [-0.1, -0.05) is 12.8 Å². The highest BCUT2D eigenvalue weighted by Crippen LogP contribution is 2.25. The van der Waals surface area contributed by atoms with Crippen LogP contribution < -0.4 is 0 Å². The number of Topliss-reactive ketones (excluding diaryl/α,β-unsaturated/α-hetero) is 2. The summed E-state index contributed by atoms with van der Waals surface area (Å²) in [5.74, 6) is -0.359. The third kappa shape index (κ3) is 1.43. The molecule has 1 aliphatic rings. The molecule has 0 N–H and O–H groups in total. The Kier molecular flexibility index (Phi) is 2.20. The lowest BCUT2D eigenvalue weighted by atomic mass is 10.0. The zero-order valence-corrected chi connectivity index (χ0v) is 6.22. The first-order valence-corrected chi connectivity index (χ1v) is 3.76. The summed E-state index contributed by atoms with van der Waals surface area (Å²) in [5.41, 5.74) is 0. The maximum absolute atomic E-state index is 11.0. The van der Waals surface area contributed by atoms with Crippen molar-refractivity contribution in [1.29, 1.82) is 0 Å². The Labute approximate surface area is 60.6 Å². The lowest BCUT2D eigenvalue weighted by Crippen LogP contribution is -2.18. The maximum Gasteiger partial charge on any atom is 0.201 e. The molecule has 0 atom stereocenters. The Morgan fingerprint density at radius 3 is 2.10 bits per heavy atom. The molecule has 0 heterocycles. The van der Waals surface area contributed by atoms with Gasteiger partial charge in [0.1, 0.15) is 0 Å². The monoisotopic (exact) mass is 140 g/mol. The molecule has 56 valence electrons. The van der Waals surface area contributed by atoms with E-state index >= 15 is 0 Å². The van der Waals surface area contributed by atoms with Crippen LogP contribution in [0.5, 0.6) is 0 Å². The fraction of sp³-hybridized carbons (Fsp3) is 0.750. The smallest absolute Gasteiger partial charge is 0.201 e. The summed E-state index contributed by atoms with van der Waals surface area (Å²) in [6, 6.07) is 0. The van der Waals surface area contributed by atoms with Crippen LogP contribution >= 0.6 is 0 Å². The van der Waals surface area contributed by atoms with E-state index in [0.717, 1.165) is 25.7 Å². The van der Waals surface area contributed by atoms with Crippen LogP contribution in [-0.4, -0.2) is 11.6 Å². The van der Waals surface area contributed by atoms with Gasteiger partial charge in [-0.2, -0.15) is 0 Å². The van der Waals surface area contributed by atoms with Gasteiger partial charge in [0.2, 0.25) is 5.78 Å². The molecule has 0 saturated heterocycles. The lowest BCUT2D eigenvalue weighted by Gasteiger charge is -2.01. The van der Waals surface area contributed by atoms with Crippen molar-refractivity contribution in [1.82, 2.24) is 0 Å². The first kappa shape index (κ1) is 7.45. The minimum atomic E-state index is -0.271. The van der Waals surface area contributed by atoms with Gasteiger partial charge >= 0.3 is 0 Å². The summed E-state index contributed by atoms with van der Waals surface area (Å²) < 4.78 is 0. The van der Waals surface area contributed by atoms with Crippen LogP contribution in [0, 0.1) is 5.92 Å². The first-order valence-electron chi connectivity index (χ1n) is 3.76. The predicted octanol–water partition coefficient (Wildman–Crippen LogP) is 1.33. The van der Waals surface area contributed by atoms with E-state index in [0.29, 0.717) is 0 Å². The molecule has 0 amide bonds. The van der Waals surface area contributed by atoms with Crippen molar-refractivity contribution >= 4 is 11.6 Å². The van der Waals surface area contributed by atoms with Gasteiger partial charge in [-0.15, -0.1) is 0 Å². The number of hydrogen-bond acceptors (Lipinski definition) is 2. The van der Waals surface area contributed by atoms with Gasteiger partial charge in [-0.25, -0.2) is 0 Å². The van der Waals surface area contributed by atoms with Gasteiger partial charge in [-0.05, 0) is 12.8 Å². The van der Waals surface area contributed by atoms with Crippen LogP contribution in [0.3, 0.4) is 0 Å². The second-order valence-electron chi connectivity index (χ2n) is 2.90. The van der Waals surface area contributed by atoms with Crippen molar-refractivity contribution in [2.24, 2.45) is 5.92 Å². The Morgan fingerprint density at radius 2 is 1.70 bits per heavy atom. The molecule has 0 aromatic carbocycles. The molecule has 1 saturated carbocycles. The van der Waals surface area contributed by atoms with E-state index in [1.165, 1.54) is 6.92 Å². The molecule has 10 heavy (non-hydrogen) atoms. The third-order valence-corrected chi connectivity index (χ3v) is 2.07. The van der Waals surface area contributed by atoms with E-state index in [4.69, 9.17) is 0 Å². The van der Waals surface area contributed by atoms with Gasteiger partial charge in [0.15, 0.2) is 5.78 Å². The van der Waals surface area contributed by atoms with Gasteiger partial charge in [-0.3, -0.25) is 9.59 Å². The lowest BCUT2D eigenvalue weighted by molar-refractivity contribution is -0.137. The molecule has 2 nitrogen and oxygen atoms in total. The Hall–Kier alpha value is -0.660. The van der Waals surface area contributed by atoms with Gasteiger partial charge < -0.3 is 0 Å². The summed E-state index contributed by atoms with van der Waals surface area (Å²) in [4.78, 5) is 21.6. The topological polar surface area (TPSA) is 34.1 Å². The normalized spacial score (nSPS) is 19.3. The van der Waals surface area contributed by atoms with Crippen LogP contribution in [0.1, 0.15) is 32.6 Å². The highest BCUT2D eigenvalue weighted by molar-refractivity contribution is 6.37. The van der Waals surface area contributed by atoms with E-state index in [9.17, 15) is 9.59 Å². The molecule has 0 radical (unpaired) electrons. The van der Waals surface area contributed by atoms with Crippen LogP contribution in [0.15, 0.2) is 0 Å². The average molecular weight is 140 g/mol. The molecule has 0 aromatic rings. The summed E-state index contributed by atoms with van der Waals surface area (Å²) in [6.45, 7) is 1.36. The standard InChI is InChI=1S/C8H12O2/c1-6(9)8(10)7-4-2-3-5-7/h7H,2-5H2,1H3. The molecule has 1 rings (SSSR count). The van der Waals surface area contributed by atoms with E-state index in [1.54, 1.807) is 0 Å². The third-order valence-electron chi connectivity index (χ3n) is 2.07. The number of hydrogen-bond donors (Lipinski definition) is 0. The molecule has 0 bridgehead atoms. The molecular formula is C8H12O2. The zero-order valence-electron chi connectivity index (χ0n) is 6.22. The summed E-state index contributed by atoms with van der Waals surface area (Å²) in [7, 11) is 0. The molecule has 0 aliphatic heterocycles. The molecule has 0 unspecified atom stereocenters. The molecule has 0 aromatic heterocycles. The fourth-order valence-corrected chi connectivity index (χ4v) is 1.48. The maximum atomic E-state index is 11.0. The SMILES string of the molecule is CC(=O)C(=O)C1CCCC1. The van der Waals surface area contributed by atoms with Gasteiger partial charge in [0.25, 0.3) is 0 Å². The fourth-order valence-electron chi connectivity index (χ4n) is 1.48. The molecule has 1 aliphatic carbocycles. The summed E-state index contributed by atoms with van der Waals surface area (Å²) in [6.07, 6.45) is 4.09. The molecular weight excluding hydrogens is 128 g/mol. The van der Waals surface area contributed by atoms with Crippen LogP contribution in [0.25, 0.3) is 0 Å². The van der Waals surface area contributed by atoms with E-state index in [1.807, 2.05) is 0 Å². The van der Waals surface area contributed by atoms with Crippen LogP contribution in [-0.2, 0) is 9.59 Å². The number of rotatable bonds is 2.